The van der Waals surface area contributed by atoms with Crippen LogP contribution in [0.3, 0.4) is 0 Å². The van der Waals surface area contributed by atoms with Crippen LogP contribution in [0.4, 0.5) is 5.69 Å². The van der Waals surface area contributed by atoms with Gasteiger partial charge in [0.2, 0.25) is 0 Å². The summed E-state index contributed by atoms with van der Waals surface area (Å²) < 4.78 is 10.4. The molecular formula is C16H15NO4. The van der Waals surface area contributed by atoms with Crippen LogP contribution in [0.2, 0.25) is 0 Å². The molecule has 1 unspecified atom stereocenters. The van der Waals surface area contributed by atoms with Gasteiger partial charge in [-0.1, -0.05) is 18.2 Å². The van der Waals surface area contributed by atoms with Crippen LogP contribution < -0.4 is 14.8 Å². The Hall–Kier alpha value is -2.53. The molecule has 0 saturated heterocycles. The molecule has 0 aromatic heterocycles. The lowest BCUT2D eigenvalue weighted by molar-refractivity contribution is -0.129. The number of hydrogen-bond donors (Lipinski definition) is 2. The molecule has 2 N–H and O–H groups in total. The number of benzene rings is 2. The van der Waals surface area contributed by atoms with Crippen LogP contribution in [-0.4, -0.2) is 25.2 Å². The van der Waals surface area contributed by atoms with Gasteiger partial charge in [0, 0.05) is 22.9 Å². The number of amides is 1. The summed E-state index contributed by atoms with van der Waals surface area (Å²) in [6, 6.07) is 12.0. The Balaban J connectivity index is 2.21. The summed E-state index contributed by atoms with van der Waals surface area (Å²) >= 11 is 0. The van der Waals surface area contributed by atoms with Crippen LogP contribution in [0.15, 0.2) is 42.5 Å². The predicted octanol–water partition coefficient (Wildman–Crippen LogP) is 1.89. The zero-order valence-corrected chi connectivity index (χ0v) is 11.7. The molecular weight excluding hydrogens is 270 g/mol. The van der Waals surface area contributed by atoms with Crippen molar-refractivity contribution in [3.63, 3.8) is 0 Å². The number of anilines is 1. The van der Waals surface area contributed by atoms with E-state index in [1.54, 1.807) is 42.5 Å². The van der Waals surface area contributed by atoms with Crippen molar-refractivity contribution < 1.29 is 19.4 Å². The Labute approximate surface area is 122 Å². The first-order valence-electron chi connectivity index (χ1n) is 6.46. The Morgan fingerprint density at radius 1 is 1.05 bits per heavy atom. The van der Waals surface area contributed by atoms with E-state index in [2.05, 4.69) is 5.32 Å². The topological polar surface area (TPSA) is 67.8 Å². The summed E-state index contributed by atoms with van der Waals surface area (Å²) in [7, 11) is 3.04. The van der Waals surface area contributed by atoms with E-state index >= 15 is 0 Å². The number of para-hydroxylation sites is 1. The molecule has 0 fully saturated rings. The third-order valence-corrected chi connectivity index (χ3v) is 3.66. The first kappa shape index (κ1) is 13.5. The molecule has 5 heteroatoms. The van der Waals surface area contributed by atoms with Crippen LogP contribution in [-0.2, 0) is 10.4 Å². The van der Waals surface area contributed by atoms with E-state index < -0.39 is 11.5 Å². The Kier molecular flexibility index (Phi) is 3.07. The number of hydrogen-bond acceptors (Lipinski definition) is 4. The lowest BCUT2D eigenvalue weighted by Crippen LogP contribution is -2.35. The largest absolute Gasteiger partial charge is 0.497 e. The van der Waals surface area contributed by atoms with Gasteiger partial charge in [0.1, 0.15) is 11.5 Å². The summed E-state index contributed by atoms with van der Waals surface area (Å²) in [4.78, 5) is 12.3. The number of methoxy groups -OCH3 is 2. The van der Waals surface area contributed by atoms with Gasteiger partial charge in [-0.3, -0.25) is 4.79 Å². The maximum atomic E-state index is 12.3. The smallest absolute Gasteiger partial charge is 0.265 e. The maximum absolute atomic E-state index is 12.3. The third kappa shape index (κ3) is 1.94. The molecule has 1 atom stereocenters. The fourth-order valence-corrected chi connectivity index (χ4v) is 2.55. The van der Waals surface area contributed by atoms with Crippen molar-refractivity contribution in [2.24, 2.45) is 0 Å². The van der Waals surface area contributed by atoms with Crippen molar-refractivity contribution >= 4 is 11.6 Å². The highest BCUT2D eigenvalue weighted by molar-refractivity contribution is 6.07. The highest BCUT2D eigenvalue weighted by Crippen LogP contribution is 2.42. The SMILES string of the molecule is COc1cc(OC)cc(C2(O)C(=O)Nc3ccccc32)c1. The number of ether oxygens (including phenoxy) is 2. The molecule has 0 saturated carbocycles. The summed E-state index contributed by atoms with van der Waals surface area (Å²) in [5.41, 5.74) is -0.225. The van der Waals surface area contributed by atoms with Gasteiger partial charge in [-0.05, 0) is 18.2 Å². The van der Waals surface area contributed by atoms with Crippen molar-refractivity contribution in [1.29, 1.82) is 0 Å². The van der Waals surface area contributed by atoms with Crippen molar-refractivity contribution in [3.05, 3.63) is 53.6 Å². The van der Waals surface area contributed by atoms with Crippen molar-refractivity contribution in [1.82, 2.24) is 0 Å². The van der Waals surface area contributed by atoms with Gasteiger partial charge in [0.25, 0.3) is 5.91 Å². The van der Waals surface area contributed by atoms with E-state index in [0.717, 1.165) is 0 Å². The molecule has 2 aromatic carbocycles. The van der Waals surface area contributed by atoms with E-state index in [-0.39, 0.29) is 0 Å². The maximum Gasteiger partial charge on any atom is 0.265 e. The summed E-state index contributed by atoms with van der Waals surface area (Å²) in [5.74, 6) is 0.531. The second kappa shape index (κ2) is 4.79. The standard InChI is InChI=1S/C16H15NO4/c1-20-11-7-10(8-12(9-11)21-2)16(19)13-5-3-4-6-14(13)17-15(16)18/h3-9,19H,1-2H3,(H,17,18). The fraction of sp³-hybridized carbons (Fsp3) is 0.188. The van der Waals surface area contributed by atoms with E-state index in [0.29, 0.717) is 28.3 Å². The van der Waals surface area contributed by atoms with Crippen LogP contribution in [0.1, 0.15) is 11.1 Å². The van der Waals surface area contributed by atoms with Gasteiger partial charge < -0.3 is 19.9 Å². The molecule has 0 radical (unpaired) electrons. The van der Waals surface area contributed by atoms with Crippen molar-refractivity contribution in [2.75, 3.05) is 19.5 Å². The highest BCUT2D eigenvalue weighted by atomic mass is 16.5. The van der Waals surface area contributed by atoms with Crippen LogP contribution in [0.5, 0.6) is 11.5 Å². The molecule has 0 aliphatic carbocycles. The fourth-order valence-electron chi connectivity index (χ4n) is 2.55. The lowest BCUT2D eigenvalue weighted by Gasteiger charge is -2.22. The number of carbonyl (C=O) groups excluding carboxylic acids is 1. The lowest BCUT2D eigenvalue weighted by atomic mass is 9.87. The average Bonchev–Trinajstić information content (AvgIpc) is 2.79. The molecule has 0 spiro atoms. The molecule has 3 rings (SSSR count). The summed E-state index contributed by atoms with van der Waals surface area (Å²) in [5, 5.41) is 13.7. The first-order chi connectivity index (χ1) is 10.1. The minimum Gasteiger partial charge on any atom is -0.497 e. The van der Waals surface area contributed by atoms with Gasteiger partial charge in [-0.15, -0.1) is 0 Å². The predicted molar refractivity (Wildman–Crippen MR) is 77.6 cm³/mol. The van der Waals surface area contributed by atoms with Gasteiger partial charge in [-0.25, -0.2) is 0 Å². The summed E-state index contributed by atoms with van der Waals surface area (Å²) in [6.07, 6.45) is 0. The number of carbonyl (C=O) groups is 1. The van der Waals surface area contributed by atoms with Crippen molar-refractivity contribution in [3.8, 4) is 11.5 Å². The van der Waals surface area contributed by atoms with Crippen LogP contribution in [0.25, 0.3) is 0 Å². The molecule has 1 amide bonds. The zero-order chi connectivity index (χ0) is 15.0. The molecule has 108 valence electrons. The van der Waals surface area contributed by atoms with Gasteiger partial charge in [0.05, 0.1) is 14.2 Å². The number of fused-ring (bicyclic) bond motifs is 1. The summed E-state index contributed by atoms with van der Waals surface area (Å²) in [6.45, 7) is 0. The van der Waals surface area contributed by atoms with E-state index in [1.807, 2.05) is 0 Å². The van der Waals surface area contributed by atoms with Crippen LogP contribution in [0, 0.1) is 0 Å². The van der Waals surface area contributed by atoms with Gasteiger partial charge >= 0.3 is 0 Å². The zero-order valence-electron chi connectivity index (χ0n) is 11.7. The Morgan fingerprint density at radius 3 is 2.29 bits per heavy atom. The monoisotopic (exact) mass is 285 g/mol. The molecule has 1 heterocycles. The molecule has 1 aliphatic heterocycles. The van der Waals surface area contributed by atoms with E-state index in [1.165, 1.54) is 14.2 Å². The number of rotatable bonds is 3. The molecule has 0 bridgehead atoms. The van der Waals surface area contributed by atoms with E-state index in [4.69, 9.17) is 9.47 Å². The minimum atomic E-state index is -1.75. The molecule has 21 heavy (non-hydrogen) atoms. The number of aliphatic hydroxyl groups is 1. The molecule has 1 aliphatic rings. The third-order valence-electron chi connectivity index (χ3n) is 3.66. The average molecular weight is 285 g/mol. The molecule has 2 aromatic rings. The minimum absolute atomic E-state index is 0.404. The Bertz CT molecular complexity index is 691. The second-order valence-corrected chi connectivity index (χ2v) is 4.81. The van der Waals surface area contributed by atoms with Gasteiger partial charge in [0.15, 0.2) is 5.60 Å². The quantitative estimate of drug-likeness (QED) is 0.903. The van der Waals surface area contributed by atoms with Crippen LogP contribution >= 0.6 is 0 Å². The number of nitrogens with one attached hydrogen (secondary N) is 1. The van der Waals surface area contributed by atoms with E-state index in [9.17, 15) is 9.90 Å². The first-order valence-corrected chi connectivity index (χ1v) is 6.46. The highest BCUT2D eigenvalue weighted by Gasteiger charge is 2.47. The molecule has 5 nitrogen and oxygen atoms in total. The normalized spacial score (nSPS) is 19.9. The second-order valence-electron chi connectivity index (χ2n) is 4.81. The Morgan fingerprint density at radius 2 is 1.67 bits per heavy atom. The van der Waals surface area contributed by atoms with Crippen molar-refractivity contribution in [2.45, 2.75) is 5.60 Å². The van der Waals surface area contributed by atoms with Gasteiger partial charge in [-0.2, -0.15) is 0 Å².